The normalized spacial score (nSPS) is 11.2. The lowest BCUT2D eigenvalue weighted by Gasteiger charge is -2.05. The van der Waals surface area contributed by atoms with Gasteiger partial charge in [-0.15, -0.1) is 6.58 Å². The third-order valence-electron chi connectivity index (χ3n) is 1.03. The van der Waals surface area contributed by atoms with Gasteiger partial charge in [0.25, 0.3) is 0 Å². The zero-order valence-corrected chi connectivity index (χ0v) is 6.59. The molecule has 2 nitrogen and oxygen atoms in total. The van der Waals surface area contributed by atoms with Crippen LogP contribution in [0.4, 0.5) is 0 Å². The summed E-state index contributed by atoms with van der Waals surface area (Å²) in [4.78, 5) is 0. The topological polar surface area (TPSA) is 18.5 Å². The lowest BCUT2D eigenvalue weighted by Crippen LogP contribution is -1.95. The third kappa shape index (κ3) is 4.15. The molecule has 58 valence electrons. The maximum absolute atomic E-state index is 5.15. The van der Waals surface area contributed by atoms with Gasteiger partial charge in [-0.05, 0) is 13.0 Å². The van der Waals surface area contributed by atoms with E-state index in [4.69, 9.17) is 9.47 Å². The van der Waals surface area contributed by atoms with E-state index in [-0.39, 0.29) is 0 Å². The van der Waals surface area contributed by atoms with Crippen molar-refractivity contribution in [3.05, 3.63) is 24.5 Å². The summed E-state index contributed by atoms with van der Waals surface area (Å²) in [5, 5.41) is 0. The molecule has 0 aliphatic carbocycles. The Kier molecular flexibility index (Phi) is 5.88. The highest BCUT2D eigenvalue weighted by Crippen LogP contribution is 2.02. The second-order valence-corrected chi connectivity index (χ2v) is 1.80. The molecule has 2 heteroatoms. The van der Waals surface area contributed by atoms with E-state index >= 15 is 0 Å². The first-order valence-electron chi connectivity index (χ1n) is 3.23. The minimum absolute atomic E-state index is 0.313. The van der Waals surface area contributed by atoms with Crippen molar-refractivity contribution in [3.8, 4) is 0 Å². The van der Waals surface area contributed by atoms with Gasteiger partial charge in [0.05, 0.1) is 5.76 Å². The Balaban J connectivity index is 3.51. The van der Waals surface area contributed by atoms with Gasteiger partial charge in [-0.1, -0.05) is 6.08 Å². The van der Waals surface area contributed by atoms with E-state index in [1.54, 1.807) is 13.2 Å². The van der Waals surface area contributed by atoms with Crippen LogP contribution in [0.15, 0.2) is 24.5 Å². The van der Waals surface area contributed by atoms with Crippen molar-refractivity contribution in [1.29, 1.82) is 0 Å². The van der Waals surface area contributed by atoms with Crippen LogP contribution in [0.2, 0.25) is 0 Å². The molecule has 0 spiro atoms. The molecule has 0 bridgehead atoms. The predicted molar refractivity (Wildman–Crippen MR) is 41.5 cm³/mol. The lowest BCUT2D eigenvalue weighted by molar-refractivity contribution is 0.00386. The Hall–Kier alpha value is -0.760. The summed E-state index contributed by atoms with van der Waals surface area (Å²) in [5.74, 6) is 0.900. The zero-order chi connectivity index (χ0) is 7.82. The van der Waals surface area contributed by atoms with E-state index in [0.29, 0.717) is 6.79 Å². The number of ether oxygens (including phenoxy) is 2. The fraction of sp³-hybridized carbons (Fsp3) is 0.500. The summed E-state index contributed by atoms with van der Waals surface area (Å²) in [6.45, 7) is 5.83. The van der Waals surface area contributed by atoms with Crippen LogP contribution in [0.5, 0.6) is 0 Å². The highest BCUT2D eigenvalue weighted by Gasteiger charge is 1.90. The quantitative estimate of drug-likeness (QED) is 0.332. The minimum atomic E-state index is 0.313. The van der Waals surface area contributed by atoms with Crippen LogP contribution < -0.4 is 0 Å². The van der Waals surface area contributed by atoms with E-state index in [0.717, 1.165) is 12.2 Å². The Labute approximate surface area is 62.1 Å². The Morgan fingerprint density at radius 1 is 1.60 bits per heavy atom. The van der Waals surface area contributed by atoms with Gasteiger partial charge >= 0.3 is 0 Å². The van der Waals surface area contributed by atoms with E-state index in [1.807, 2.05) is 13.0 Å². The van der Waals surface area contributed by atoms with Crippen molar-refractivity contribution < 1.29 is 9.47 Å². The average Bonchev–Trinajstić information content (AvgIpc) is 1.98. The number of allylic oxidation sites excluding steroid dienone is 2. The molecule has 0 unspecified atom stereocenters. The first-order chi connectivity index (χ1) is 4.85. The highest BCUT2D eigenvalue weighted by atomic mass is 16.7. The van der Waals surface area contributed by atoms with Gasteiger partial charge < -0.3 is 9.47 Å². The number of rotatable bonds is 5. The molecule has 0 aliphatic rings. The Morgan fingerprint density at radius 2 is 2.30 bits per heavy atom. The average molecular weight is 142 g/mol. The van der Waals surface area contributed by atoms with Crippen molar-refractivity contribution in [2.45, 2.75) is 13.3 Å². The molecule has 0 fully saturated rings. The smallest absolute Gasteiger partial charge is 0.188 e. The molecule has 0 rings (SSSR count). The van der Waals surface area contributed by atoms with E-state index in [1.165, 1.54) is 0 Å². The van der Waals surface area contributed by atoms with Gasteiger partial charge in [0, 0.05) is 13.5 Å². The maximum atomic E-state index is 5.15. The summed E-state index contributed by atoms with van der Waals surface area (Å²) in [7, 11) is 1.60. The largest absolute Gasteiger partial charge is 0.472 e. The lowest BCUT2D eigenvalue weighted by atomic mass is 10.3. The van der Waals surface area contributed by atoms with Crippen LogP contribution in [0.25, 0.3) is 0 Å². The fourth-order valence-electron chi connectivity index (χ4n) is 0.537. The number of methoxy groups -OCH3 is 1. The van der Waals surface area contributed by atoms with Crippen LogP contribution in [-0.4, -0.2) is 13.9 Å². The summed E-state index contributed by atoms with van der Waals surface area (Å²) < 4.78 is 9.87. The monoisotopic (exact) mass is 142 g/mol. The summed E-state index contributed by atoms with van der Waals surface area (Å²) in [5.41, 5.74) is 0. The highest BCUT2D eigenvalue weighted by molar-refractivity contribution is 4.95. The molecule has 0 saturated carbocycles. The molecule has 0 saturated heterocycles. The van der Waals surface area contributed by atoms with E-state index in [9.17, 15) is 0 Å². The minimum Gasteiger partial charge on any atom is -0.472 e. The molecule has 0 aromatic heterocycles. The Bertz CT molecular complexity index is 116. The SMILES string of the molecule is C=CC/C(=C/C)OCOC. The maximum Gasteiger partial charge on any atom is 0.188 e. The fourth-order valence-corrected chi connectivity index (χ4v) is 0.537. The van der Waals surface area contributed by atoms with Crippen molar-refractivity contribution in [1.82, 2.24) is 0 Å². The van der Waals surface area contributed by atoms with Crippen LogP contribution in [-0.2, 0) is 9.47 Å². The molecule has 0 radical (unpaired) electrons. The molecule has 0 amide bonds. The van der Waals surface area contributed by atoms with E-state index < -0.39 is 0 Å². The molecule has 10 heavy (non-hydrogen) atoms. The van der Waals surface area contributed by atoms with Gasteiger partial charge in [0.1, 0.15) is 0 Å². The molecular formula is C8H14O2. The summed E-state index contributed by atoms with van der Waals surface area (Å²) in [6, 6.07) is 0. The third-order valence-corrected chi connectivity index (χ3v) is 1.03. The Morgan fingerprint density at radius 3 is 2.70 bits per heavy atom. The second kappa shape index (κ2) is 6.36. The van der Waals surface area contributed by atoms with Crippen molar-refractivity contribution in [2.24, 2.45) is 0 Å². The van der Waals surface area contributed by atoms with Crippen molar-refractivity contribution >= 4 is 0 Å². The molecule has 0 aromatic rings. The number of hydrogen-bond acceptors (Lipinski definition) is 2. The van der Waals surface area contributed by atoms with Gasteiger partial charge in [0.2, 0.25) is 0 Å². The number of hydrogen-bond donors (Lipinski definition) is 0. The van der Waals surface area contributed by atoms with Crippen molar-refractivity contribution in [2.75, 3.05) is 13.9 Å². The van der Waals surface area contributed by atoms with Crippen LogP contribution >= 0.6 is 0 Å². The summed E-state index contributed by atoms with van der Waals surface area (Å²) >= 11 is 0. The molecular weight excluding hydrogens is 128 g/mol. The van der Waals surface area contributed by atoms with Crippen LogP contribution in [0.3, 0.4) is 0 Å². The first kappa shape index (κ1) is 9.24. The van der Waals surface area contributed by atoms with Crippen LogP contribution in [0, 0.1) is 0 Å². The zero-order valence-electron chi connectivity index (χ0n) is 6.59. The first-order valence-corrected chi connectivity index (χ1v) is 3.23. The standard InChI is InChI=1S/C8H14O2/c1-4-6-8(5-2)10-7-9-3/h4-5H,1,6-7H2,2-3H3/b8-5-. The molecule has 0 aromatic carbocycles. The van der Waals surface area contributed by atoms with E-state index in [2.05, 4.69) is 6.58 Å². The molecule has 0 N–H and O–H groups in total. The van der Waals surface area contributed by atoms with Gasteiger partial charge in [-0.2, -0.15) is 0 Å². The van der Waals surface area contributed by atoms with Gasteiger partial charge in [0.15, 0.2) is 6.79 Å². The van der Waals surface area contributed by atoms with Gasteiger partial charge in [-0.3, -0.25) is 0 Å². The van der Waals surface area contributed by atoms with Gasteiger partial charge in [-0.25, -0.2) is 0 Å². The second-order valence-electron chi connectivity index (χ2n) is 1.80. The summed E-state index contributed by atoms with van der Waals surface area (Å²) in [6.07, 6.45) is 4.46. The van der Waals surface area contributed by atoms with Crippen molar-refractivity contribution in [3.63, 3.8) is 0 Å². The molecule has 0 heterocycles. The molecule has 0 aliphatic heterocycles. The molecule has 0 atom stereocenters. The predicted octanol–water partition coefficient (Wildman–Crippen LogP) is 2.09. The van der Waals surface area contributed by atoms with Crippen LogP contribution in [0.1, 0.15) is 13.3 Å².